The van der Waals surface area contributed by atoms with Gasteiger partial charge in [0.1, 0.15) is 5.84 Å². The molecule has 1 heterocycles. The van der Waals surface area contributed by atoms with Gasteiger partial charge in [-0.25, -0.2) is 0 Å². The molecule has 0 amide bonds. The van der Waals surface area contributed by atoms with E-state index in [1.807, 2.05) is 19.1 Å². The number of aliphatic carboxylic acids is 1. The molecule has 2 aromatic rings. The predicted octanol–water partition coefficient (Wildman–Crippen LogP) is 2.20. The molecule has 0 spiro atoms. The van der Waals surface area contributed by atoms with Crippen molar-refractivity contribution in [2.24, 2.45) is 5.73 Å². The van der Waals surface area contributed by atoms with E-state index in [1.54, 1.807) is 24.3 Å². The third-order valence-electron chi connectivity index (χ3n) is 4.63. The average Bonchev–Trinajstić information content (AvgIpc) is 3.14. The van der Waals surface area contributed by atoms with E-state index in [2.05, 4.69) is 16.3 Å². The highest BCUT2D eigenvalue weighted by Gasteiger charge is 2.18. The zero-order chi connectivity index (χ0) is 18.7. The average molecular weight is 388 g/mol. The third-order valence-corrected chi connectivity index (χ3v) is 4.63. The lowest BCUT2D eigenvalue weighted by Gasteiger charge is -2.25. The van der Waals surface area contributed by atoms with E-state index in [9.17, 15) is 9.90 Å². The molecule has 1 saturated heterocycles. The fourth-order valence-corrected chi connectivity index (χ4v) is 3.31. The minimum atomic E-state index is -1.18. The van der Waals surface area contributed by atoms with Gasteiger partial charge in [0.2, 0.25) is 0 Å². The first-order chi connectivity index (χ1) is 12.4. The Morgan fingerprint density at radius 1 is 1.19 bits per heavy atom. The van der Waals surface area contributed by atoms with Gasteiger partial charge in [-0.2, -0.15) is 0 Å². The van der Waals surface area contributed by atoms with Crippen molar-refractivity contribution in [2.75, 3.05) is 23.3 Å². The van der Waals surface area contributed by atoms with Gasteiger partial charge in [-0.15, -0.1) is 12.4 Å². The Kier molecular flexibility index (Phi) is 6.69. The predicted molar refractivity (Wildman–Crippen MR) is 109 cm³/mol. The van der Waals surface area contributed by atoms with Crippen molar-refractivity contribution < 1.29 is 9.90 Å². The van der Waals surface area contributed by atoms with Crippen LogP contribution in [-0.2, 0) is 4.79 Å². The Labute approximate surface area is 165 Å². The van der Waals surface area contributed by atoms with E-state index in [-0.39, 0.29) is 18.2 Å². The number of nitrogen functional groups attached to an aromatic ring is 1. The van der Waals surface area contributed by atoms with Crippen LogP contribution in [0.2, 0.25) is 0 Å². The van der Waals surface area contributed by atoms with Crippen LogP contribution in [-0.4, -0.2) is 24.9 Å². The van der Waals surface area contributed by atoms with E-state index in [4.69, 9.17) is 11.1 Å². The Morgan fingerprint density at radius 2 is 1.81 bits per heavy atom. The SMILES string of the molecule is Cc1cc(C(Nc2ccc(C(=N)N)cc2)C(=O)[O-])cc(N2CCCC2)c1.Cl. The first-order valence-electron chi connectivity index (χ1n) is 8.72. The molecule has 0 bridgehead atoms. The van der Waals surface area contributed by atoms with E-state index < -0.39 is 12.0 Å². The molecule has 0 aliphatic carbocycles. The molecule has 0 saturated carbocycles. The summed E-state index contributed by atoms with van der Waals surface area (Å²) < 4.78 is 0. The number of hydrogen-bond acceptors (Lipinski definition) is 5. The number of carboxylic acid groups (broad SMARTS) is 1. The molecular formula is C20H24ClN4O2-. The van der Waals surface area contributed by atoms with Crippen molar-refractivity contribution in [3.05, 3.63) is 59.2 Å². The molecule has 4 N–H and O–H groups in total. The van der Waals surface area contributed by atoms with Gasteiger partial charge in [0, 0.05) is 30.0 Å². The number of benzene rings is 2. The summed E-state index contributed by atoms with van der Waals surface area (Å²) >= 11 is 0. The quantitative estimate of drug-likeness (QED) is 0.520. The summed E-state index contributed by atoms with van der Waals surface area (Å²) in [7, 11) is 0. The maximum atomic E-state index is 11.8. The summed E-state index contributed by atoms with van der Waals surface area (Å²) in [5.41, 5.74) is 9.41. The van der Waals surface area contributed by atoms with Crippen molar-refractivity contribution in [3.8, 4) is 0 Å². The topological polar surface area (TPSA) is 105 Å². The molecule has 144 valence electrons. The smallest absolute Gasteiger partial charge is 0.122 e. The summed E-state index contributed by atoms with van der Waals surface area (Å²) in [5.74, 6) is -1.21. The minimum absolute atomic E-state index is 0. The molecule has 1 unspecified atom stereocenters. The van der Waals surface area contributed by atoms with Crippen molar-refractivity contribution in [2.45, 2.75) is 25.8 Å². The molecule has 0 aromatic heterocycles. The highest BCUT2D eigenvalue weighted by molar-refractivity contribution is 5.95. The van der Waals surface area contributed by atoms with Crippen LogP contribution in [0, 0.1) is 12.3 Å². The van der Waals surface area contributed by atoms with Crippen LogP contribution in [0.5, 0.6) is 0 Å². The number of carboxylic acids is 1. The number of rotatable bonds is 6. The molecule has 7 heteroatoms. The largest absolute Gasteiger partial charge is 0.548 e. The molecule has 0 radical (unpaired) electrons. The molecule has 1 aliphatic rings. The number of aryl methyl sites for hydroxylation is 1. The second-order valence-corrected chi connectivity index (χ2v) is 6.68. The van der Waals surface area contributed by atoms with Crippen molar-refractivity contribution in [3.63, 3.8) is 0 Å². The van der Waals surface area contributed by atoms with Gasteiger partial charge in [0.05, 0.1) is 12.0 Å². The van der Waals surface area contributed by atoms with Crippen molar-refractivity contribution >= 4 is 35.6 Å². The number of nitrogens with zero attached hydrogens (tertiary/aromatic N) is 1. The highest BCUT2D eigenvalue weighted by atomic mass is 35.5. The monoisotopic (exact) mass is 387 g/mol. The van der Waals surface area contributed by atoms with Gasteiger partial charge < -0.3 is 25.9 Å². The Balaban J connectivity index is 0.00000261. The van der Waals surface area contributed by atoms with Gasteiger partial charge in [0.15, 0.2) is 0 Å². The normalized spacial score (nSPS) is 14.3. The number of carbonyl (C=O) groups is 1. The van der Waals surface area contributed by atoms with Crippen LogP contribution in [0.4, 0.5) is 11.4 Å². The maximum absolute atomic E-state index is 11.8. The number of carbonyl (C=O) groups excluding carboxylic acids is 1. The molecular weight excluding hydrogens is 364 g/mol. The fraction of sp³-hybridized carbons (Fsp3) is 0.300. The number of hydrogen-bond donors (Lipinski definition) is 3. The van der Waals surface area contributed by atoms with Gasteiger partial charge >= 0.3 is 0 Å². The van der Waals surface area contributed by atoms with E-state index in [0.29, 0.717) is 16.8 Å². The Bertz CT molecular complexity index is 817. The third kappa shape index (κ3) is 4.92. The molecule has 1 atom stereocenters. The number of nitrogens with one attached hydrogen (secondary N) is 2. The van der Waals surface area contributed by atoms with Crippen molar-refractivity contribution in [1.29, 1.82) is 5.41 Å². The van der Waals surface area contributed by atoms with Crippen LogP contribution >= 0.6 is 12.4 Å². The second kappa shape index (κ2) is 8.77. The highest BCUT2D eigenvalue weighted by Crippen LogP contribution is 2.28. The van der Waals surface area contributed by atoms with Gasteiger partial charge in [-0.1, -0.05) is 6.07 Å². The summed E-state index contributed by atoms with van der Waals surface area (Å²) in [5, 5.41) is 22.2. The molecule has 2 aromatic carbocycles. The number of nitrogens with two attached hydrogens (primary N) is 1. The van der Waals surface area contributed by atoms with E-state index in [1.165, 1.54) is 0 Å². The van der Waals surface area contributed by atoms with Gasteiger partial charge in [-0.3, -0.25) is 5.41 Å². The first kappa shape index (κ1) is 20.6. The van der Waals surface area contributed by atoms with E-state index in [0.717, 1.165) is 37.2 Å². The molecule has 1 fully saturated rings. The lowest BCUT2D eigenvalue weighted by molar-refractivity contribution is -0.307. The second-order valence-electron chi connectivity index (χ2n) is 6.68. The number of amidine groups is 1. The zero-order valence-corrected chi connectivity index (χ0v) is 16.0. The molecule has 6 nitrogen and oxygen atoms in total. The van der Waals surface area contributed by atoms with Gasteiger partial charge in [-0.05, 0) is 67.3 Å². The summed E-state index contributed by atoms with van der Waals surface area (Å²) in [6, 6.07) is 11.7. The van der Waals surface area contributed by atoms with Crippen LogP contribution < -0.4 is 21.1 Å². The number of anilines is 2. The van der Waals surface area contributed by atoms with Crippen LogP contribution in [0.15, 0.2) is 42.5 Å². The zero-order valence-electron chi connectivity index (χ0n) is 15.2. The Morgan fingerprint density at radius 3 is 2.37 bits per heavy atom. The molecule has 1 aliphatic heterocycles. The Hall–Kier alpha value is -2.73. The molecule has 3 rings (SSSR count). The number of halogens is 1. The maximum Gasteiger partial charge on any atom is 0.122 e. The summed E-state index contributed by atoms with van der Waals surface area (Å²) in [4.78, 5) is 14.1. The fourth-order valence-electron chi connectivity index (χ4n) is 3.31. The summed E-state index contributed by atoms with van der Waals surface area (Å²) in [6.45, 7) is 3.97. The van der Waals surface area contributed by atoms with Crippen LogP contribution in [0.3, 0.4) is 0 Å². The standard InChI is InChI=1S/C20H24N4O2.ClH/c1-13-10-15(12-17(11-13)24-8-2-3-9-24)18(20(25)26)23-16-6-4-14(5-7-16)19(21)22;/h4-7,10-12,18,23H,2-3,8-9H2,1H3,(H3,21,22)(H,25,26);1H/p-1. The van der Waals surface area contributed by atoms with Crippen LogP contribution in [0.25, 0.3) is 0 Å². The van der Waals surface area contributed by atoms with Crippen LogP contribution in [0.1, 0.15) is 35.6 Å². The molecule has 27 heavy (non-hydrogen) atoms. The lowest BCUT2D eigenvalue weighted by Crippen LogP contribution is -2.34. The van der Waals surface area contributed by atoms with E-state index >= 15 is 0 Å². The first-order valence-corrected chi connectivity index (χ1v) is 8.72. The van der Waals surface area contributed by atoms with Crippen molar-refractivity contribution in [1.82, 2.24) is 0 Å². The summed E-state index contributed by atoms with van der Waals surface area (Å²) in [6.07, 6.45) is 2.32. The van der Waals surface area contributed by atoms with Gasteiger partial charge in [0.25, 0.3) is 0 Å². The minimum Gasteiger partial charge on any atom is -0.548 e. The lowest BCUT2D eigenvalue weighted by atomic mass is 10.0.